The standard InChI is InChI=1S/C16H14FN5O3S2/c1-22(2)27(24,25)21-15(23)13-5-3-4-12(20-13)14-9-19-16(26-14)10-6-11(17)8-18-7-10/h3-9H,1-2H3,(H,21,23). The zero-order chi connectivity index (χ0) is 19.6. The van der Waals surface area contributed by atoms with Gasteiger partial charge in [-0.05, 0) is 18.2 Å². The summed E-state index contributed by atoms with van der Waals surface area (Å²) in [6, 6.07) is 5.97. The minimum absolute atomic E-state index is 0.0553. The van der Waals surface area contributed by atoms with Gasteiger partial charge in [-0.15, -0.1) is 11.3 Å². The molecule has 0 saturated heterocycles. The monoisotopic (exact) mass is 407 g/mol. The summed E-state index contributed by atoms with van der Waals surface area (Å²) in [5, 5.41) is 0.545. The Morgan fingerprint density at radius 1 is 1.22 bits per heavy atom. The second kappa shape index (κ2) is 7.47. The zero-order valence-corrected chi connectivity index (χ0v) is 15.9. The van der Waals surface area contributed by atoms with Crippen LogP contribution in [0.15, 0.2) is 42.9 Å². The maximum Gasteiger partial charge on any atom is 0.303 e. The summed E-state index contributed by atoms with van der Waals surface area (Å²) in [5.41, 5.74) is 0.913. The lowest BCUT2D eigenvalue weighted by molar-refractivity contribution is 0.0975. The molecule has 0 unspecified atom stereocenters. The third-order valence-electron chi connectivity index (χ3n) is 3.39. The van der Waals surface area contributed by atoms with E-state index < -0.39 is 21.9 Å². The number of carbonyl (C=O) groups excluding carboxylic acids is 1. The molecule has 0 aliphatic carbocycles. The maximum atomic E-state index is 13.3. The zero-order valence-electron chi connectivity index (χ0n) is 14.2. The highest BCUT2D eigenvalue weighted by Gasteiger charge is 2.19. The fourth-order valence-corrected chi connectivity index (χ4v) is 3.40. The van der Waals surface area contributed by atoms with Crippen LogP contribution in [-0.2, 0) is 10.2 Å². The number of hydrogen-bond acceptors (Lipinski definition) is 7. The van der Waals surface area contributed by atoms with E-state index in [1.165, 1.54) is 43.8 Å². The molecule has 3 rings (SSSR count). The first kappa shape index (κ1) is 19.0. The Morgan fingerprint density at radius 2 is 2.00 bits per heavy atom. The number of rotatable bonds is 5. The molecule has 8 nitrogen and oxygen atoms in total. The van der Waals surface area contributed by atoms with Crippen molar-refractivity contribution in [2.24, 2.45) is 0 Å². The van der Waals surface area contributed by atoms with Crippen molar-refractivity contribution >= 4 is 27.5 Å². The molecule has 0 fully saturated rings. The Hall–Kier alpha value is -2.76. The fourth-order valence-electron chi connectivity index (χ4n) is 2.01. The molecule has 3 aromatic rings. The molecule has 0 aliphatic rings. The topological polar surface area (TPSA) is 105 Å². The average molecular weight is 407 g/mol. The third kappa shape index (κ3) is 4.32. The lowest BCUT2D eigenvalue weighted by atomic mass is 10.2. The highest BCUT2D eigenvalue weighted by Crippen LogP contribution is 2.31. The Labute approximate surface area is 158 Å². The van der Waals surface area contributed by atoms with Crippen LogP contribution in [-0.4, -0.2) is 47.7 Å². The quantitative estimate of drug-likeness (QED) is 0.693. The Morgan fingerprint density at radius 3 is 2.70 bits per heavy atom. The molecular formula is C16H14FN5O3S2. The van der Waals surface area contributed by atoms with Crippen molar-refractivity contribution in [3.8, 4) is 21.1 Å². The highest BCUT2D eigenvalue weighted by atomic mass is 32.2. The van der Waals surface area contributed by atoms with E-state index >= 15 is 0 Å². The van der Waals surface area contributed by atoms with Crippen molar-refractivity contribution in [1.82, 2.24) is 24.0 Å². The smallest absolute Gasteiger partial charge is 0.266 e. The van der Waals surface area contributed by atoms with Gasteiger partial charge in [0.1, 0.15) is 16.5 Å². The van der Waals surface area contributed by atoms with Crippen molar-refractivity contribution in [3.05, 3.63) is 54.4 Å². The Balaban J connectivity index is 1.87. The van der Waals surface area contributed by atoms with Crippen molar-refractivity contribution in [2.45, 2.75) is 0 Å². The number of pyridine rings is 2. The van der Waals surface area contributed by atoms with Gasteiger partial charge in [0.2, 0.25) is 0 Å². The van der Waals surface area contributed by atoms with Crippen molar-refractivity contribution in [1.29, 1.82) is 0 Å². The van der Waals surface area contributed by atoms with Gasteiger partial charge in [-0.2, -0.15) is 12.7 Å². The summed E-state index contributed by atoms with van der Waals surface area (Å²) in [7, 11) is -1.31. The van der Waals surface area contributed by atoms with E-state index in [9.17, 15) is 17.6 Å². The molecule has 0 atom stereocenters. The van der Waals surface area contributed by atoms with Gasteiger partial charge in [-0.25, -0.2) is 19.1 Å². The van der Waals surface area contributed by atoms with Crippen LogP contribution in [0.5, 0.6) is 0 Å². The fraction of sp³-hybridized carbons (Fsp3) is 0.125. The molecule has 0 aliphatic heterocycles. The Kier molecular flexibility index (Phi) is 5.26. The average Bonchev–Trinajstić information content (AvgIpc) is 3.11. The molecule has 1 amide bonds. The van der Waals surface area contributed by atoms with Crippen LogP contribution >= 0.6 is 11.3 Å². The van der Waals surface area contributed by atoms with Crippen LogP contribution in [0.1, 0.15) is 10.5 Å². The SMILES string of the molecule is CN(C)S(=O)(=O)NC(=O)c1cccc(-c2cnc(-c3cncc(F)c3)s2)n1. The number of hydrogen-bond donors (Lipinski definition) is 1. The highest BCUT2D eigenvalue weighted by molar-refractivity contribution is 7.87. The molecule has 3 aromatic heterocycles. The molecule has 3 heterocycles. The number of amides is 1. The molecule has 27 heavy (non-hydrogen) atoms. The summed E-state index contributed by atoms with van der Waals surface area (Å²) in [5.74, 6) is -1.31. The van der Waals surface area contributed by atoms with Crippen LogP contribution in [0.2, 0.25) is 0 Å². The van der Waals surface area contributed by atoms with E-state index in [-0.39, 0.29) is 5.69 Å². The van der Waals surface area contributed by atoms with Crippen molar-refractivity contribution < 1.29 is 17.6 Å². The van der Waals surface area contributed by atoms with Crippen molar-refractivity contribution in [2.75, 3.05) is 14.1 Å². The molecule has 0 aromatic carbocycles. The van der Waals surface area contributed by atoms with Gasteiger partial charge in [0.05, 0.1) is 16.8 Å². The summed E-state index contributed by atoms with van der Waals surface area (Å²) in [4.78, 5) is 25.0. The van der Waals surface area contributed by atoms with Crippen LogP contribution in [0.4, 0.5) is 4.39 Å². The van der Waals surface area contributed by atoms with Crippen LogP contribution in [0.3, 0.4) is 0 Å². The van der Waals surface area contributed by atoms with Crippen LogP contribution in [0, 0.1) is 5.82 Å². The summed E-state index contributed by atoms with van der Waals surface area (Å²) in [6.45, 7) is 0. The molecule has 1 N–H and O–H groups in total. The summed E-state index contributed by atoms with van der Waals surface area (Å²) in [6.07, 6.45) is 4.14. The predicted octanol–water partition coefficient (Wildman–Crippen LogP) is 1.94. The number of thiazole rings is 1. The number of aromatic nitrogens is 3. The van der Waals surface area contributed by atoms with E-state index in [0.717, 1.165) is 10.5 Å². The third-order valence-corrected chi connectivity index (χ3v) is 5.87. The lowest BCUT2D eigenvalue weighted by Crippen LogP contribution is -2.39. The number of carbonyl (C=O) groups is 1. The first-order valence-corrected chi connectivity index (χ1v) is 9.81. The normalized spacial score (nSPS) is 11.6. The molecule has 11 heteroatoms. The van der Waals surface area contributed by atoms with Gasteiger partial charge in [0.15, 0.2) is 0 Å². The molecule has 0 radical (unpaired) electrons. The largest absolute Gasteiger partial charge is 0.303 e. The Bertz CT molecular complexity index is 1100. The number of nitrogens with zero attached hydrogens (tertiary/aromatic N) is 4. The molecular weight excluding hydrogens is 393 g/mol. The molecule has 0 bridgehead atoms. The first-order valence-electron chi connectivity index (χ1n) is 7.55. The van der Waals surface area contributed by atoms with E-state index in [1.54, 1.807) is 18.3 Å². The number of nitrogens with one attached hydrogen (secondary N) is 1. The van der Waals surface area contributed by atoms with Crippen LogP contribution in [0.25, 0.3) is 21.1 Å². The van der Waals surface area contributed by atoms with E-state index in [0.29, 0.717) is 21.1 Å². The lowest BCUT2D eigenvalue weighted by Gasteiger charge is -2.12. The summed E-state index contributed by atoms with van der Waals surface area (Å²) >= 11 is 1.25. The van der Waals surface area contributed by atoms with E-state index in [4.69, 9.17) is 0 Å². The van der Waals surface area contributed by atoms with Crippen LogP contribution < -0.4 is 4.72 Å². The predicted molar refractivity (Wildman–Crippen MR) is 98.6 cm³/mol. The first-order chi connectivity index (χ1) is 12.8. The van der Waals surface area contributed by atoms with Gasteiger partial charge < -0.3 is 0 Å². The van der Waals surface area contributed by atoms with Gasteiger partial charge in [-0.1, -0.05) is 6.07 Å². The van der Waals surface area contributed by atoms with Gasteiger partial charge >= 0.3 is 10.2 Å². The second-order valence-electron chi connectivity index (χ2n) is 5.55. The maximum absolute atomic E-state index is 13.3. The molecule has 0 spiro atoms. The van der Waals surface area contributed by atoms with E-state index in [1.807, 2.05) is 4.72 Å². The van der Waals surface area contributed by atoms with Crippen molar-refractivity contribution in [3.63, 3.8) is 0 Å². The summed E-state index contributed by atoms with van der Waals surface area (Å²) < 4.78 is 39.7. The molecule has 0 saturated carbocycles. The van der Waals surface area contributed by atoms with Gasteiger partial charge in [0, 0.05) is 32.1 Å². The van der Waals surface area contributed by atoms with E-state index in [2.05, 4.69) is 15.0 Å². The molecule has 140 valence electrons. The van der Waals surface area contributed by atoms with Gasteiger partial charge in [-0.3, -0.25) is 9.78 Å². The minimum Gasteiger partial charge on any atom is -0.266 e. The van der Waals surface area contributed by atoms with Gasteiger partial charge in [0.25, 0.3) is 5.91 Å². The number of halogens is 1. The minimum atomic E-state index is -3.92. The second-order valence-corrected chi connectivity index (χ2v) is 8.46.